The maximum atomic E-state index is 13.1. The lowest BCUT2D eigenvalue weighted by Crippen LogP contribution is -2.39. The first-order valence-corrected chi connectivity index (χ1v) is 11.5. The number of benzene rings is 2. The molecule has 0 spiro atoms. The molecular formula is C26H30N2O5. The van der Waals surface area contributed by atoms with Crippen LogP contribution in [0.4, 0.5) is 0 Å². The molecule has 0 bridgehead atoms. The number of carbonyl (C=O) groups excluding carboxylic acids is 1. The van der Waals surface area contributed by atoms with Crippen LogP contribution in [0.5, 0.6) is 17.2 Å². The summed E-state index contributed by atoms with van der Waals surface area (Å²) in [5.41, 5.74) is 3.40. The Morgan fingerprint density at radius 3 is 2.73 bits per heavy atom. The van der Waals surface area contributed by atoms with Crippen LogP contribution in [0.3, 0.4) is 0 Å². The van der Waals surface area contributed by atoms with E-state index in [-0.39, 0.29) is 5.78 Å². The average Bonchev–Trinajstić information content (AvgIpc) is 3.15. The molecule has 0 amide bonds. The zero-order valence-electron chi connectivity index (χ0n) is 19.3. The zero-order chi connectivity index (χ0) is 22.8. The number of carbonyl (C=O) groups is 1. The molecule has 33 heavy (non-hydrogen) atoms. The lowest BCUT2D eigenvalue weighted by molar-refractivity contribution is 0.0329. The molecule has 2 aromatic carbocycles. The zero-order valence-corrected chi connectivity index (χ0v) is 19.3. The number of hydrogen-bond donors (Lipinski definition) is 0. The highest BCUT2D eigenvalue weighted by atomic mass is 16.5. The van der Waals surface area contributed by atoms with Gasteiger partial charge in [0.2, 0.25) is 5.78 Å². The Bertz CT molecular complexity index is 1070. The number of rotatable bonds is 6. The molecule has 0 atom stereocenters. The second kappa shape index (κ2) is 9.55. The van der Waals surface area contributed by atoms with Crippen molar-refractivity contribution in [2.24, 2.45) is 0 Å². The Morgan fingerprint density at radius 1 is 1.09 bits per heavy atom. The first-order valence-electron chi connectivity index (χ1n) is 11.5. The molecule has 1 fully saturated rings. The van der Waals surface area contributed by atoms with E-state index < -0.39 is 0 Å². The molecule has 5 rings (SSSR count). The number of ketones is 1. The normalized spacial score (nSPS) is 19.7. The molecular weight excluding hydrogens is 420 g/mol. The highest BCUT2D eigenvalue weighted by molar-refractivity contribution is 6.15. The van der Waals surface area contributed by atoms with E-state index in [2.05, 4.69) is 9.80 Å². The van der Waals surface area contributed by atoms with Crippen molar-refractivity contribution in [3.05, 3.63) is 58.3 Å². The van der Waals surface area contributed by atoms with Gasteiger partial charge in [-0.15, -0.1) is 0 Å². The van der Waals surface area contributed by atoms with E-state index in [1.54, 1.807) is 13.2 Å². The number of Topliss-reactive ketones (excluding diaryl/α,β-unsaturated/α-hetero) is 1. The minimum Gasteiger partial charge on any atom is -0.497 e. The molecule has 3 aliphatic rings. The largest absolute Gasteiger partial charge is 0.497 e. The molecule has 3 heterocycles. The first kappa shape index (κ1) is 21.9. The number of allylic oxidation sites excluding steroid dienone is 1. The van der Waals surface area contributed by atoms with Crippen LogP contribution in [0.1, 0.15) is 33.5 Å². The van der Waals surface area contributed by atoms with Gasteiger partial charge in [-0.25, -0.2) is 0 Å². The topological polar surface area (TPSA) is 60.5 Å². The highest BCUT2D eigenvalue weighted by Gasteiger charge is 2.33. The van der Waals surface area contributed by atoms with Gasteiger partial charge in [-0.3, -0.25) is 14.6 Å². The van der Waals surface area contributed by atoms with Crippen molar-refractivity contribution in [1.29, 1.82) is 0 Å². The lowest BCUT2D eigenvalue weighted by atomic mass is 10.00. The first-order chi connectivity index (χ1) is 16.1. The van der Waals surface area contributed by atoms with Gasteiger partial charge in [0.1, 0.15) is 24.0 Å². The van der Waals surface area contributed by atoms with Crippen molar-refractivity contribution in [3.63, 3.8) is 0 Å². The molecule has 0 saturated carbocycles. The number of methoxy groups -OCH3 is 1. The van der Waals surface area contributed by atoms with Gasteiger partial charge < -0.3 is 18.9 Å². The average molecular weight is 451 g/mol. The molecule has 1 saturated heterocycles. The second-order valence-corrected chi connectivity index (χ2v) is 8.72. The molecule has 3 aliphatic heterocycles. The van der Waals surface area contributed by atoms with Crippen molar-refractivity contribution in [3.8, 4) is 17.2 Å². The van der Waals surface area contributed by atoms with E-state index in [0.29, 0.717) is 23.8 Å². The van der Waals surface area contributed by atoms with Crippen LogP contribution in [-0.4, -0.2) is 68.8 Å². The van der Waals surface area contributed by atoms with Crippen molar-refractivity contribution >= 4 is 11.9 Å². The summed E-state index contributed by atoms with van der Waals surface area (Å²) in [6.07, 6.45) is 2.85. The third kappa shape index (κ3) is 4.62. The molecule has 7 nitrogen and oxygen atoms in total. The fourth-order valence-electron chi connectivity index (χ4n) is 4.67. The Labute approximate surface area is 194 Å². The van der Waals surface area contributed by atoms with Crippen LogP contribution in [0.15, 0.2) is 36.1 Å². The van der Waals surface area contributed by atoms with Gasteiger partial charge in [0.15, 0.2) is 5.76 Å². The smallest absolute Gasteiger partial charge is 0.231 e. The lowest BCUT2D eigenvalue weighted by Gasteiger charge is -2.31. The Balaban J connectivity index is 1.29. The molecule has 0 radical (unpaired) electrons. The van der Waals surface area contributed by atoms with E-state index in [9.17, 15) is 4.79 Å². The Kier molecular flexibility index (Phi) is 6.35. The molecule has 174 valence electrons. The summed E-state index contributed by atoms with van der Waals surface area (Å²) in [7, 11) is 1.62. The molecule has 7 heteroatoms. The third-order valence-corrected chi connectivity index (χ3v) is 6.45. The monoisotopic (exact) mass is 450 g/mol. The van der Waals surface area contributed by atoms with Gasteiger partial charge in [0, 0.05) is 37.3 Å². The quantitative estimate of drug-likeness (QED) is 0.625. The SMILES string of the molecule is COc1cccc(/C=C2\Oc3c(cc4c(c3C)OCN(CCCN3CCOCC3)C4)C2=O)c1. The van der Waals surface area contributed by atoms with Crippen LogP contribution in [0, 0.1) is 6.92 Å². The molecule has 2 aromatic rings. The summed E-state index contributed by atoms with van der Waals surface area (Å²) in [4.78, 5) is 17.9. The Morgan fingerprint density at radius 2 is 1.91 bits per heavy atom. The second-order valence-electron chi connectivity index (χ2n) is 8.72. The predicted molar refractivity (Wildman–Crippen MR) is 125 cm³/mol. The predicted octanol–water partition coefficient (Wildman–Crippen LogP) is 3.49. The Hall–Kier alpha value is -2.87. The van der Waals surface area contributed by atoms with Crippen LogP contribution in [0.25, 0.3) is 6.08 Å². The highest BCUT2D eigenvalue weighted by Crippen LogP contribution is 2.43. The number of nitrogens with zero attached hydrogens (tertiary/aromatic N) is 2. The van der Waals surface area contributed by atoms with Crippen LogP contribution in [0.2, 0.25) is 0 Å². The molecule has 0 unspecified atom stereocenters. The standard InChI is InChI=1S/C26H30N2O5/c1-18-25-20(16-28(17-32-25)8-4-7-27-9-11-31-12-10-27)15-22-24(29)23(33-26(18)22)14-19-5-3-6-21(13-19)30-2/h3,5-6,13-15H,4,7-12,16-17H2,1-2H3/b23-14-. The fourth-order valence-corrected chi connectivity index (χ4v) is 4.67. The van der Waals surface area contributed by atoms with Crippen molar-refractivity contribution in [1.82, 2.24) is 9.80 Å². The van der Waals surface area contributed by atoms with Gasteiger partial charge in [-0.05, 0) is 49.7 Å². The van der Waals surface area contributed by atoms with Crippen molar-refractivity contribution in [2.45, 2.75) is 19.9 Å². The summed E-state index contributed by atoms with van der Waals surface area (Å²) >= 11 is 0. The van der Waals surface area contributed by atoms with E-state index in [1.165, 1.54) is 0 Å². The van der Waals surface area contributed by atoms with Gasteiger partial charge in [-0.1, -0.05) is 12.1 Å². The van der Waals surface area contributed by atoms with Crippen molar-refractivity contribution in [2.75, 3.05) is 53.2 Å². The van der Waals surface area contributed by atoms with Gasteiger partial charge in [0.25, 0.3) is 0 Å². The summed E-state index contributed by atoms with van der Waals surface area (Å²) < 4.78 is 22.8. The minimum atomic E-state index is -0.0943. The molecule has 0 N–H and O–H groups in total. The maximum Gasteiger partial charge on any atom is 0.231 e. The minimum absolute atomic E-state index is 0.0943. The summed E-state index contributed by atoms with van der Waals surface area (Å²) in [6, 6.07) is 9.51. The maximum absolute atomic E-state index is 13.1. The fraction of sp³-hybridized carbons (Fsp3) is 0.423. The molecule has 0 aliphatic carbocycles. The van der Waals surface area contributed by atoms with E-state index in [4.69, 9.17) is 18.9 Å². The van der Waals surface area contributed by atoms with Crippen LogP contribution >= 0.6 is 0 Å². The van der Waals surface area contributed by atoms with E-state index in [1.807, 2.05) is 37.3 Å². The van der Waals surface area contributed by atoms with Crippen molar-refractivity contribution < 1.29 is 23.7 Å². The summed E-state index contributed by atoms with van der Waals surface area (Å²) in [5, 5.41) is 0. The number of ether oxygens (including phenoxy) is 4. The van der Waals surface area contributed by atoms with Crippen LogP contribution in [-0.2, 0) is 11.3 Å². The summed E-state index contributed by atoms with van der Waals surface area (Å²) in [5.74, 6) is 2.41. The number of fused-ring (bicyclic) bond motifs is 2. The van der Waals surface area contributed by atoms with Gasteiger partial charge >= 0.3 is 0 Å². The third-order valence-electron chi connectivity index (χ3n) is 6.45. The van der Waals surface area contributed by atoms with E-state index >= 15 is 0 Å². The van der Waals surface area contributed by atoms with E-state index in [0.717, 1.165) is 80.5 Å². The summed E-state index contributed by atoms with van der Waals surface area (Å²) in [6.45, 7) is 9.00. The number of morpholine rings is 1. The number of hydrogen-bond acceptors (Lipinski definition) is 7. The van der Waals surface area contributed by atoms with Gasteiger partial charge in [0.05, 0.1) is 25.9 Å². The molecule has 0 aromatic heterocycles. The van der Waals surface area contributed by atoms with Crippen LogP contribution < -0.4 is 14.2 Å². The van der Waals surface area contributed by atoms with Gasteiger partial charge in [-0.2, -0.15) is 0 Å².